The maximum Gasteiger partial charge on any atom is 0.356 e. The number of nitrogens with zero attached hydrogens (tertiary/aromatic N) is 2. The van der Waals surface area contributed by atoms with Crippen molar-refractivity contribution in [2.75, 3.05) is 0 Å². The molecule has 0 amide bonds. The number of aromatic nitrogens is 2. The first kappa shape index (κ1) is 12.2. The number of carboxylic acid groups (broad SMARTS) is 1. The molecule has 0 bridgehead atoms. The van der Waals surface area contributed by atoms with Gasteiger partial charge in [-0.25, -0.2) is 9.48 Å². The molecule has 0 aliphatic carbocycles. The fourth-order valence-corrected chi connectivity index (χ4v) is 1.89. The normalized spacial score (nSPS) is 10.5. The zero-order valence-corrected chi connectivity index (χ0v) is 10.5. The van der Waals surface area contributed by atoms with E-state index >= 15 is 0 Å². The average Bonchev–Trinajstić information content (AvgIpc) is 2.72. The van der Waals surface area contributed by atoms with Crippen molar-refractivity contribution in [2.24, 2.45) is 0 Å². The van der Waals surface area contributed by atoms with Gasteiger partial charge in [0.15, 0.2) is 5.69 Å². The second kappa shape index (κ2) is 4.56. The van der Waals surface area contributed by atoms with E-state index in [2.05, 4.69) is 5.10 Å². The summed E-state index contributed by atoms with van der Waals surface area (Å²) in [6.07, 6.45) is 1.48. The summed E-state index contributed by atoms with van der Waals surface area (Å²) in [6, 6.07) is 4.36. The van der Waals surface area contributed by atoms with Gasteiger partial charge in [-0.3, -0.25) is 0 Å². The predicted octanol–water partition coefficient (Wildman–Crippen LogP) is 3.53. The second-order valence-corrected chi connectivity index (χ2v) is 4.39. The smallest absolute Gasteiger partial charge is 0.356 e. The molecule has 0 aliphatic heterocycles. The van der Waals surface area contributed by atoms with Crippen LogP contribution in [0, 0.1) is 0 Å². The molecule has 1 aromatic heterocycles. The Labute approximate surface area is 111 Å². The highest BCUT2D eigenvalue weighted by Crippen LogP contribution is 2.30. The highest BCUT2D eigenvalue weighted by Gasteiger charge is 2.11. The minimum atomic E-state index is -1.11. The lowest BCUT2D eigenvalue weighted by atomic mass is 10.3. The average molecular weight is 292 g/mol. The van der Waals surface area contributed by atoms with E-state index in [0.717, 1.165) is 0 Å². The molecule has 1 N–H and O–H groups in total. The van der Waals surface area contributed by atoms with Gasteiger partial charge in [0.1, 0.15) is 0 Å². The van der Waals surface area contributed by atoms with Gasteiger partial charge >= 0.3 is 5.97 Å². The number of benzene rings is 1. The van der Waals surface area contributed by atoms with E-state index in [-0.39, 0.29) is 5.69 Å². The van der Waals surface area contributed by atoms with E-state index in [4.69, 9.17) is 39.9 Å². The van der Waals surface area contributed by atoms with E-state index in [1.807, 2.05) is 0 Å². The Morgan fingerprint density at radius 2 is 1.82 bits per heavy atom. The van der Waals surface area contributed by atoms with Crippen molar-refractivity contribution < 1.29 is 9.90 Å². The molecule has 2 aromatic rings. The molecule has 88 valence electrons. The minimum Gasteiger partial charge on any atom is -0.476 e. The van der Waals surface area contributed by atoms with Crippen LogP contribution in [-0.2, 0) is 0 Å². The molecule has 0 fully saturated rings. The van der Waals surface area contributed by atoms with Gasteiger partial charge in [-0.2, -0.15) is 5.10 Å². The first-order valence-electron chi connectivity index (χ1n) is 4.43. The van der Waals surface area contributed by atoms with Gasteiger partial charge in [0.2, 0.25) is 0 Å². The van der Waals surface area contributed by atoms with Gasteiger partial charge in [-0.1, -0.05) is 34.8 Å². The Kier molecular flexibility index (Phi) is 3.28. The van der Waals surface area contributed by atoms with Crippen molar-refractivity contribution >= 4 is 40.8 Å². The van der Waals surface area contributed by atoms with Crippen LogP contribution in [0.2, 0.25) is 15.1 Å². The van der Waals surface area contributed by atoms with Crippen LogP contribution >= 0.6 is 34.8 Å². The van der Waals surface area contributed by atoms with Gasteiger partial charge in [0, 0.05) is 6.20 Å². The van der Waals surface area contributed by atoms with Crippen LogP contribution < -0.4 is 0 Å². The SMILES string of the molecule is O=C(O)c1ccn(-c2cc(Cl)c(Cl)cc2Cl)n1. The van der Waals surface area contributed by atoms with Crippen molar-refractivity contribution in [2.45, 2.75) is 0 Å². The van der Waals surface area contributed by atoms with E-state index < -0.39 is 5.97 Å². The quantitative estimate of drug-likeness (QED) is 0.861. The fraction of sp³-hybridized carbons (Fsp3) is 0. The summed E-state index contributed by atoms with van der Waals surface area (Å²) in [6.45, 7) is 0. The first-order chi connectivity index (χ1) is 7.99. The van der Waals surface area contributed by atoms with Gasteiger partial charge in [0.05, 0.1) is 20.8 Å². The van der Waals surface area contributed by atoms with Crippen LogP contribution in [0.4, 0.5) is 0 Å². The summed E-state index contributed by atoms with van der Waals surface area (Å²) in [4.78, 5) is 10.7. The van der Waals surface area contributed by atoms with E-state index in [1.54, 1.807) is 0 Å². The lowest BCUT2D eigenvalue weighted by molar-refractivity contribution is 0.0690. The minimum absolute atomic E-state index is 0.0767. The highest BCUT2D eigenvalue weighted by atomic mass is 35.5. The van der Waals surface area contributed by atoms with Crippen molar-refractivity contribution in [3.63, 3.8) is 0 Å². The maximum atomic E-state index is 10.7. The third kappa shape index (κ3) is 2.39. The van der Waals surface area contributed by atoms with Crippen LogP contribution in [0.25, 0.3) is 5.69 Å². The lowest BCUT2D eigenvalue weighted by Crippen LogP contribution is -2.01. The first-order valence-corrected chi connectivity index (χ1v) is 5.56. The lowest BCUT2D eigenvalue weighted by Gasteiger charge is -2.06. The standard InChI is InChI=1S/C10H5Cl3N2O2/c11-5-3-7(13)9(4-6(5)12)15-2-1-8(14-15)10(16)17/h1-4H,(H,16,17). The molecule has 1 heterocycles. The number of rotatable bonds is 2. The molecular formula is C10H5Cl3N2O2. The van der Waals surface area contributed by atoms with Gasteiger partial charge in [0.25, 0.3) is 0 Å². The molecule has 0 atom stereocenters. The zero-order valence-electron chi connectivity index (χ0n) is 8.19. The summed E-state index contributed by atoms with van der Waals surface area (Å²) in [5.41, 5.74) is 0.390. The molecule has 0 saturated heterocycles. The third-order valence-corrected chi connectivity index (χ3v) is 3.07. The maximum absolute atomic E-state index is 10.7. The molecule has 0 unspecified atom stereocenters. The number of carbonyl (C=O) groups is 1. The Morgan fingerprint density at radius 1 is 1.18 bits per heavy atom. The Hall–Kier alpha value is -1.23. The van der Waals surface area contributed by atoms with E-state index in [1.165, 1.54) is 29.1 Å². The molecule has 17 heavy (non-hydrogen) atoms. The predicted molar refractivity (Wildman–Crippen MR) is 65.6 cm³/mol. The van der Waals surface area contributed by atoms with Crippen molar-refractivity contribution in [3.8, 4) is 5.69 Å². The monoisotopic (exact) mass is 290 g/mol. The summed E-state index contributed by atoms with van der Waals surface area (Å²) in [5, 5.41) is 13.6. The third-order valence-electron chi connectivity index (χ3n) is 2.04. The van der Waals surface area contributed by atoms with Crippen molar-refractivity contribution in [1.29, 1.82) is 0 Å². The number of carboxylic acids is 1. The molecule has 1 aromatic carbocycles. The van der Waals surface area contributed by atoms with Crippen molar-refractivity contribution in [3.05, 3.63) is 45.2 Å². The van der Waals surface area contributed by atoms with E-state index in [0.29, 0.717) is 20.8 Å². The molecule has 0 radical (unpaired) electrons. The second-order valence-electron chi connectivity index (χ2n) is 3.17. The number of aromatic carboxylic acids is 1. The van der Waals surface area contributed by atoms with Crippen LogP contribution in [0.3, 0.4) is 0 Å². The summed E-state index contributed by atoms with van der Waals surface area (Å²) < 4.78 is 1.33. The molecule has 0 saturated carbocycles. The van der Waals surface area contributed by atoms with Crippen LogP contribution in [0.5, 0.6) is 0 Å². The Bertz CT molecular complexity index is 595. The van der Waals surface area contributed by atoms with Gasteiger partial charge in [-0.05, 0) is 18.2 Å². The zero-order chi connectivity index (χ0) is 12.6. The number of hydrogen-bond acceptors (Lipinski definition) is 2. The molecule has 0 aliphatic rings. The fourth-order valence-electron chi connectivity index (χ4n) is 1.26. The van der Waals surface area contributed by atoms with Crippen LogP contribution in [0.15, 0.2) is 24.4 Å². The Balaban J connectivity index is 2.52. The molecule has 7 heteroatoms. The van der Waals surface area contributed by atoms with Crippen LogP contribution in [-0.4, -0.2) is 20.9 Å². The number of hydrogen-bond donors (Lipinski definition) is 1. The highest BCUT2D eigenvalue weighted by molar-refractivity contribution is 6.43. The largest absolute Gasteiger partial charge is 0.476 e. The molecule has 0 spiro atoms. The van der Waals surface area contributed by atoms with Crippen LogP contribution in [0.1, 0.15) is 10.5 Å². The topological polar surface area (TPSA) is 55.1 Å². The Morgan fingerprint density at radius 3 is 2.41 bits per heavy atom. The van der Waals surface area contributed by atoms with Gasteiger partial charge < -0.3 is 5.11 Å². The number of halogens is 3. The molecule has 2 rings (SSSR count). The van der Waals surface area contributed by atoms with Crippen molar-refractivity contribution in [1.82, 2.24) is 9.78 Å². The van der Waals surface area contributed by atoms with E-state index in [9.17, 15) is 4.79 Å². The summed E-state index contributed by atoms with van der Waals surface area (Å²) >= 11 is 17.6. The summed E-state index contributed by atoms with van der Waals surface area (Å²) in [7, 11) is 0. The molecular weight excluding hydrogens is 286 g/mol. The summed E-state index contributed by atoms with van der Waals surface area (Å²) in [5.74, 6) is -1.11. The van der Waals surface area contributed by atoms with Gasteiger partial charge in [-0.15, -0.1) is 0 Å². The molecule has 4 nitrogen and oxygen atoms in total.